The van der Waals surface area contributed by atoms with E-state index in [1.165, 1.54) is 34.1 Å². The Kier molecular flexibility index (Phi) is 24.1. The largest absolute Gasteiger partial charge is 0.540 e. The molecule has 14 atom stereocenters. The summed E-state index contributed by atoms with van der Waals surface area (Å²) in [5.41, 5.74) is 0.655. The Labute approximate surface area is 579 Å². The van der Waals surface area contributed by atoms with Crippen LogP contribution >= 0.6 is 0 Å². The molecule has 2 aromatic heterocycles. The van der Waals surface area contributed by atoms with Crippen LogP contribution in [0, 0.1) is 46.3 Å². The van der Waals surface area contributed by atoms with Crippen LogP contribution in [0.4, 0.5) is 35.9 Å². The summed E-state index contributed by atoms with van der Waals surface area (Å²) in [5.74, 6) is 0.0991. The Bertz CT molecular complexity index is 3330. The van der Waals surface area contributed by atoms with Crippen molar-refractivity contribution in [1.82, 2.24) is 40.4 Å². The number of carbonyl (C=O) groups is 4. The Morgan fingerprint density at radius 3 is 1.49 bits per heavy atom. The predicted molar refractivity (Wildman–Crippen MR) is 331 cm³/mol. The molecule has 96 heavy (non-hydrogen) atoms. The van der Waals surface area contributed by atoms with E-state index >= 15 is 0 Å². The van der Waals surface area contributed by atoms with Crippen LogP contribution < -0.4 is 29.6 Å². The zero-order valence-electron chi connectivity index (χ0n) is 55.6. The minimum atomic E-state index is -4.50. The molecule has 3 saturated carbocycles. The summed E-state index contributed by atoms with van der Waals surface area (Å²) in [6.45, 7) is 13.7. The maximum absolute atomic E-state index is 14.1. The molecule has 2 aromatic carbocycles. The molecule has 7 aliphatic rings. The number of rotatable bonds is 6. The monoisotopic (exact) mass is 1420 g/mol. The minimum absolute atomic E-state index is 0. The van der Waals surface area contributed by atoms with Gasteiger partial charge in [0, 0.05) is 49.2 Å². The van der Waals surface area contributed by atoms with Gasteiger partial charge in [0.25, 0.3) is 0 Å². The quantitative estimate of drug-likeness (QED) is 0.135. The summed E-state index contributed by atoms with van der Waals surface area (Å²) in [6, 6.07) is 4.91. The van der Waals surface area contributed by atoms with Crippen LogP contribution in [0.1, 0.15) is 157 Å². The van der Waals surface area contributed by atoms with Gasteiger partial charge in [-0.15, -0.1) is 0 Å². The fourth-order valence-corrected chi connectivity index (χ4v) is 14.6. The molecule has 20 nitrogen and oxygen atoms in total. The molecule has 4 aliphatic heterocycles. The second-order valence-corrected chi connectivity index (χ2v) is 29.1. The van der Waals surface area contributed by atoms with Gasteiger partial charge < -0.3 is 58.4 Å². The zero-order valence-corrected chi connectivity index (χ0v) is 58.4. The minimum Gasteiger partial charge on any atom is -0.540 e. The average molecular weight is 1420 g/mol. The first-order chi connectivity index (χ1) is 44.3. The van der Waals surface area contributed by atoms with Crippen LogP contribution in [0.2, 0.25) is 0 Å². The van der Waals surface area contributed by atoms with Crippen LogP contribution in [-0.4, -0.2) is 153 Å². The summed E-state index contributed by atoms with van der Waals surface area (Å²) in [7, 11) is 0. The summed E-state index contributed by atoms with van der Waals surface area (Å²) in [5, 5.41) is 5.65. The van der Waals surface area contributed by atoms with E-state index in [1.807, 2.05) is 61.0 Å². The number of aromatic nitrogens is 4. The molecular formula is C68H86F6N8O12V2-2. The number of alkyl carbamates (subject to hydrolysis) is 2. The molecule has 4 bridgehead atoms. The third-order valence-electron chi connectivity index (χ3n) is 20.0. The molecule has 524 valence electrons. The van der Waals surface area contributed by atoms with Gasteiger partial charge >= 0.3 is 24.5 Å². The van der Waals surface area contributed by atoms with Crippen LogP contribution in [0.5, 0.6) is 23.3 Å². The van der Waals surface area contributed by atoms with E-state index in [-0.39, 0.29) is 91.4 Å². The van der Waals surface area contributed by atoms with E-state index in [1.54, 1.807) is 26.0 Å². The van der Waals surface area contributed by atoms with Crippen molar-refractivity contribution in [1.29, 1.82) is 0 Å². The number of hydrogen-bond acceptors (Lipinski definition) is 16. The van der Waals surface area contributed by atoms with Crippen molar-refractivity contribution in [2.24, 2.45) is 46.3 Å². The molecule has 5 fully saturated rings. The number of benzene rings is 2. The van der Waals surface area contributed by atoms with E-state index in [0.29, 0.717) is 58.1 Å². The Balaban J connectivity index is 0.000000241. The smallest absolute Gasteiger partial charge is 0.422 e. The molecule has 6 heterocycles. The number of nitrogens with one attached hydrogen (secondary N) is 2. The van der Waals surface area contributed by atoms with Crippen molar-refractivity contribution in [3.05, 3.63) is 47.8 Å². The molecule has 4 aromatic rings. The maximum atomic E-state index is 14.1. The molecule has 28 heteroatoms. The van der Waals surface area contributed by atoms with E-state index in [0.717, 1.165) is 83.5 Å². The van der Waals surface area contributed by atoms with Gasteiger partial charge in [0.1, 0.15) is 58.9 Å². The molecule has 0 spiro atoms. The molecule has 2 radical (unpaired) electrons. The predicted octanol–water partition coefficient (Wildman–Crippen LogP) is 11.6. The Morgan fingerprint density at radius 1 is 0.573 bits per heavy atom. The van der Waals surface area contributed by atoms with Crippen molar-refractivity contribution in [2.75, 3.05) is 26.3 Å². The summed E-state index contributed by atoms with van der Waals surface area (Å²) >= 11 is 0. The summed E-state index contributed by atoms with van der Waals surface area (Å²) < 4.78 is 111. The van der Waals surface area contributed by atoms with E-state index in [4.69, 9.17) is 38.4 Å². The standard InChI is InChI=1S/C34H42F3N4O6.C34H44F3N4O6.2V/c1-18-26(16-42)41-15-28(18)46-30-24(38-23-11-10-20(14-25(23)39-30)45-17-34(35,36)37)9-7-5-6-8-21-22-12-19(22)13-27(21)47-32(44)40-29(31(41)43)33(2,3)4;1-20-26(18-42)41-17-27(20)46-29-24(38-23-14-13-22(16-25(23)39-29)45-19-34(35,36)37)12-8-6-7-10-21-11-9-15-33(21,5)47-31(44)40-28(30(41)43)32(2,3)4;;/h10-11,14,18-19,21-22,26-29H,5-9,12-13,15,17H2,1-4H3,(H,40,44);13-14,16,20-21,26-28H,6-12,15,17,19H2,1-5H3,(H,40,44);;/q2*-1;;/t18-,19?,21+,22?,26+,27+,28-,29+;20-,21+,26+,27-,28+,33+;;/m00../s1. The third-order valence-corrected chi connectivity index (χ3v) is 20.0. The zero-order chi connectivity index (χ0) is 67.8. The topological polar surface area (TPSA) is 240 Å². The Hall–Kier alpha value is -6.11. The molecule has 4 amide bonds. The number of hydrogen-bond donors (Lipinski definition) is 2. The number of carbonyl (C=O) groups excluding carboxylic acids is 6. The fraction of sp³-hybridized carbons (Fsp3) is 0.676. The van der Waals surface area contributed by atoms with Crippen molar-refractivity contribution in [2.45, 2.75) is 219 Å². The normalized spacial score (nSPS) is 30.0. The Morgan fingerprint density at radius 2 is 1.03 bits per heavy atom. The average Bonchev–Trinajstić information content (AvgIpc) is 1.59. The second kappa shape index (κ2) is 30.6. The van der Waals surface area contributed by atoms with Crippen molar-refractivity contribution < 1.29 is 121 Å². The van der Waals surface area contributed by atoms with Gasteiger partial charge in [0.2, 0.25) is 23.6 Å². The van der Waals surface area contributed by atoms with Crippen LogP contribution in [-0.2, 0) is 78.6 Å². The number of nitrogens with zero attached hydrogens (tertiary/aromatic N) is 6. The van der Waals surface area contributed by atoms with E-state index in [9.17, 15) is 55.1 Å². The van der Waals surface area contributed by atoms with Gasteiger partial charge in [0.05, 0.1) is 35.2 Å². The van der Waals surface area contributed by atoms with E-state index in [2.05, 4.69) is 20.6 Å². The van der Waals surface area contributed by atoms with E-state index < -0.39 is 114 Å². The van der Waals surface area contributed by atoms with Gasteiger partial charge in [0.15, 0.2) is 13.2 Å². The number of alkyl halides is 6. The SMILES string of the molecule is C[C@@H]1[C@@H]2CN(C(=O)[C@H](C(C)(C)C)NC(=O)O[C@@H]3CC4CC4[C@H]3CCCCCc3nc4ccc(OCC(F)(F)F)cc4nc3O2)[C@@H]1[C-]=O.C[C@@H]1[C@@H]2CN(C(=O)[C@H](C(C)(C)C)NC(=O)O[C@]3(C)CCC[C@H]3CCCCCc3nc4ccc(OCC(F)(F)F)cc4nc3O2)[C@@H]1[C-]=O.[V].[V]. The van der Waals surface area contributed by atoms with Crippen molar-refractivity contribution in [3.63, 3.8) is 0 Å². The van der Waals surface area contributed by atoms with Crippen molar-refractivity contribution in [3.8, 4) is 23.3 Å². The number of amides is 4. The first-order valence-electron chi connectivity index (χ1n) is 33.0. The number of ether oxygens (including phenoxy) is 6. The van der Waals surface area contributed by atoms with Crippen LogP contribution in [0.3, 0.4) is 0 Å². The number of fused-ring (bicyclic) bond motifs is 12. The molecule has 2 N–H and O–H groups in total. The summed E-state index contributed by atoms with van der Waals surface area (Å²) in [4.78, 5) is 101. The molecule has 2 unspecified atom stereocenters. The van der Waals surface area contributed by atoms with Gasteiger partial charge in [-0.25, -0.2) is 42.1 Å². The van der Waals surface area contributed by atoms with Crippen LogP contribution in [0.15, 0.2) is 36.4 Å². The second-order valence-electron chi connectivity index (χ2n) is 29.1. The number of aryl methyl sites for hydroxylation is 2. The summed E-state index contributed by atoms with van der Waals surface area (Å²) in [6.07, 6.45) is 4.90. The van der Waals surface area contributed by atoms with Gasteiger partial charge in [-0.2, -0.15) is 26.3 Å². The molecule has 11 rings (SSSR count). The first kappa shape index (κ1) is 75.7. The third kappa shape index (κ3) is 18.0. The molecular weight excluding hydrogens is 1340 g/mol. The maximum Gasteiger partial charge on any atom is 0.422 e. The van der Waals surface area contributed by atoms with Gasteiger partial charge in [-0.3, -0.25) is 9.59 Å². The van der Waals surface area contributed by atoms with Gasteiger partial charge in [-0.05, 0) is 148 Å². The fourth-order valence-electron chi connectivity index (χ4n) is 14.6. The van der Waals surface area contributed by atoms with Crippen LogP contribution in [0.25, 0.3) is 22.1 Å². The first-order valence-corrected chi connectivity index (χ1v) is 33.0. The van der Waals surface area contributed by atoms with Crippen molar-refractivity contribution >= 4 is 58.6 Å². The number of halogens is 6. The van der Waals surface area contributed by atoms with Gasteiger partial charge in [-0.1, -0.05) is 93.2 Å². The molecule has 2 saturated heterocycles. The molecule has 3 aliphatic carbocycles.